The highest BCUT2D eigenvalue weighted by atomic mass is 79.9. The summed E-state index contributed by atoms with van der Waals surface area (Å²) < 4.78 is 11.7. The number of hydrogen-bond donors (Lipinski definition) is 2. The number of rotatable bonds is 8. The Morgan fingerprint density at radius 2 is 2.00 bits per heavy atom. The Balaban J connectivity index is 1.50. The third-order valence-electron chi connectivity index (χ3n) is 5.55. The summed E-state index contributed by atoms with van der Waals surface area (Å²) >= 11 is 3.53. The number of hydrogen-bond acceptors (Lipinski definition) is 5. The molecule has 2 fully saturated rings. The van der Waals surface area contributed by atoms with E-state index in [1.165, 1.54) is 12.8 Å². The molecule has 4 rings (SSSR count). The van der Waals surface area contributed by atoms with Gasteiger partial charge in [-0.25, -0.2) is 0 Å². The molecular weight excluding hydrogens is 446 g/mol. The maximum atomic E-state index is 13.0. The molecule has 0 radical (unpaired) electrons. The molecule has 2 aliphatic rings. The van der Waals surface area contributed by atoms with E-state index in [2.05, 4.69) is 31.5 Å². The van der Waals surface area contributed by atoms with Crippen LogP contribution in [-0.2, 0) is 11.3 Å². The number of benzene rings is 2. The molecule has 0 unspecified atom stereocenters. The monoisotopic (exact) mass is 473 g/mol. The lowest BCUT2D eigenvalue weighted by atomic mass is 10.1. The fourth-order valence-corrected chi connectivity index (χ4v) is 4.17. The molecule has 1 heterocycles. The molecule has 1 saturated heterocycles. The summed E-state index contributed by atoms with van der Waals surface area (Å²) in [5.41, 5.74) is 3.75. The first-order valence-corrected chi connectivity index (χ1v) is 11.2. The van der Waals surface area contributed by atoms with Crippen molar-refractivity contribution in [1.29, 1.82) is 0 Å². The van der Waals surface area contributed by atoms with Gasteiger partial charge in [0.05, 0.1) is 30.4 Å². The summed E-state index contributed by atoms with van der Waals surface area (Å²) in [4.78, 5) is 15.2. The number of carbonyl (C=O) groups excluding carboxylic acids is 1. The van der Waals surface area contributed by atoms with Crippen molar-refractivity contribution in [3.05, 3.63) is 52.0 Å². The van der Waals surface area contributed by atoms with Gasteiger partial charge in [0.25, 0.3) is 5.91 Å². The van der Waals surface area contributed by atoms with E-state index in [4.69, 9.17) is 9.47 Å². The van der Waals surface area contributed by atoms with Crippen LogP contribution in [0.2, 0.25) is 0 Å². The fraction of sp³-hybridized carbons (Fsp3) is 0.435. The van der Waals surface area contributed by atoms with E-state index in [1.54, 1.807) is 7.11 Å². The van der Waals surface area contributed by atoms with E-state index < -0.39 is 0 Å². The molecule has 7 heteroatoms. The lowest BCUT2D eigenvalue weighted by Crippen LogP contribution is -2.38. The number of ether oxygens (including phenoxy) is 2. The first-order chi connectivity index (χ1) is 14.6. The summed E-state index contributed by atoms with van der Waals surface area (Å²) in [5, 5.41) is 6.56. The first kappa shape index (κ1) is 21.0. The molecule has 6 nitrogen and oxygen atoms in total. The van der Waals surface area contributed by atoms with Crippen LogP contribution in [0.5, 0.6) is 5.75 Å². The SMILES string of the molecule is COc1ccc(CNc2ccc(N3CCOCC3)c(C(=O)NCC3CC3)c2)cc1Br. The van der Waals surface area contributed by atoms with Gasteiger partial charge in [-0.2, -0.15) is 0 Å². The minimum absolute atomic E-state index is 0.000709. The van der Waals surface area contributed by atoms with Crippen molar-refractivity contribution >= 4 is 33.2 Å². The van der Waals surface area contributed by atoms with Gasteiger partial charge in [0.2, 0.25) is 0 Å². The van der Waals surface area contributed by atoms with Crippen LogP contribution in [0.25, 0.3) is 0 Å². The molecule has 1 amide bonds. The molecular formula is C23H28BrN3O3. The number of nitrogens with one attached hydrogen (secondary N) is 2. The van der Waals surface area contributed by atoms with Crippen molar-refractivity contribution in [2.45, 2.75) is 19.4 Å². The van der Waals surface area contributed by atoms with E-state index in [9.17, 15) is 4.79 Å². The summed E-state index contributed by atoms with van der Waals surface area (Å²) in [6, 6.07) is 12.1. The summed E-state index contributed by atoms with van der Waals surface area (Å²) in [6.07, 6.45) is 2.44. The predicted molar refractivity (Wildman–Crippen MR) is 123 cm³/mol. The van der Waals surface area contributed by atoms with Crippen molar-refractivity contribution in [2.24, 2.45) is 5.92 Å². The van der Waals surface area contributed by atoms with Crippen LogP contribution < -0.4 is 20.3 Å². The molecule has 160 valence electrons. The average Bonchev–Trinajstić information content (AvgIpc) is 3.61. The van der Waals surface area contributed by atoms with Crippen molar-refractivity contribution in [3.63, 3.8) is 0 Å². The topological polar surface area (TPSA) is 62.8 Å². The van der Waals surface area contributed by atoms with E-state index in [0.29, 0.717) is 25.7 Å². The highest BCUT2D eigenvalue weighted by Gasteiger charge is 2.24. The molecule has 1 saturated carbocycles. The zero-order valence-corrected chi connectivity index (χ0v) is 18.8. The number of halogens is 1. The molecule has 2 aromatic carbocycles. The Morgan fingerprint density at radius 1 is 1.20 bits per heavy atom. The largest absolute Gasteiger partial charge is 0.496 e. The fourth-order valence-electron chi connectivity index (χ4n) is 3.59. The summed E-state index contributed by atoms with van der Waals surface area (Å²) in [5.74, 6) is 1.46. The lowest BCUT2D eigenvalue weighted by Gasteiger charge is -2.30. The van der Waals surface area contributed by atoms with Gasteiger partial charge < -0.3 is 25.0 Å². The van der Waals surface area contributed by atoms with E-state index >= 15 is 0 Å². The number of methoxy groups -OCH3 is 1. The number of amides is 1. The van der Waals surface area contributed by atoms with E-state index in [0.717, 1.165) is 52.4 Å². The van der Waals surface area contributed by atoms with Gasteiger partial charge in [-0.15, -0.1) is 0 Å². The Kier molecular flexibility index (Phi) is 6.79. The minimum Gasteiger partial charge on any atom is -0.496 e. The van der Waals surface area contributed by atoms with Gasteiger partial charge in [-0.1, -0.05) is 6.07 Å². The minimum atomic E-state index is -0.000709. The van der Waals surface area contributed by atoms with Crippen LogP contribution in [0.1, 0.15) is 28.8 Å². The van der Waals surface area contributed by atoms with Gasteiger partial charge in [-0.3, -0.25) is 4.79 Å². The highest BCUT2D eigenvalue weighted by molar-refractivity contribution is 9.10. The molecule has 2 aromatic rings. The van der Waals surface area contributed by atoms with Gasteiger partial charge in [-0.05, 0) is 70.6 Å². The normalized spacial score (nSPS) is 16.3. The predicted octanol–water partition coefficient (Wildman–Crippen LogP) is 4.05. The Hall–Kier alpha value is -2.25. The Bertz CT molecular complexity index is 895. The molecule has 2 N–H and O–H groups in total. The molecule has 0 atom stereocenters. The van der Waals surface area contributed by atoms with Gasteiger partial charge in [0.1, 0.15) is 5.75 Å². The van der Waals surface area contributed by atoms with E-state index in [1.807, 2.05) is 36.4 Å². The second-order valence-electron chi connectivity index (χ2n) is 7.81. The van der Waals surface area contributed by atoms with Crippen LogP contribution in [0.4, 0.5) is 11.4 Å². The number of anilines is 2. The van der Waals surface area contributed by atoms with Gasteiger partial charge in [0, 0.05) is 37.6 Å². The maximum Gasteiger partial charge on any atom is 0.253 e. The second kappa shape index (κ2) is 9.71. The van der Waals surface area contributed by atoms with Crippen molar-refractivity contribution in [3.8, 4) is 5.75 Å². The molecule has 0 spiro atoms. The molecule has 30 heavy (non-hydrogen) atoms. The molecule has 0 aromatic heterocycles. The molecule has 0 bridgehead atoms. The van der Waals surface area contributed by atoms with Crippen molar-refractivity contribution in [1.82, 2.24) is 5.32 Å². The van der Waals surface area contributed by atoms with Crippen LogP contribution in [0, 0.1) is 5.92 Å². The quantitative estimate of drug-likeness (QED) is 0.605. The molecule has 1 aliphatic heterocycles. The zero-order valence-electron chi connectivity index (χ0n) is 17.2. The van der Waals surface area contributed by atoms with Crippen molar-refractivity contribution < 1.29 is 14.3 Å². The van der Waals surface area contributed by atoms with Crippen molar-refractivity contribution in [2.75, 3.05) is 50.2 Å². The van der Waals surface area contributed by atoms with Crippen LogP contribution in [-0.4, -0.2) is 45.9 Å². The third-order valence-corrected chi connectivity index (χ3v) is 6.17. The maximum absolute atomic E-state index is 13.0. The number of morpholine rings is 1. The van der Waals surface area contributed by atoms with Crippen LogP contribution >= 0.6 is 15.9 Å². The van der Waals surface area contributed by atoms with Crippen LogP contribution in [0.3, 0.4) is 0 Å². The molecule has 1 aliphatic carbocycles. The summed E-state index contributed by atoms with van der Waals surface area (Å²) in [6.45, 7) is 4.40. The average molecular weight is 474 g/mol. The Morgan fingerprint density at radius 3 is 2.70 bits per heavy atom. The highest BCUT2D eigenvalue weighted by Crippen LogP contribution is 2.30. The number of carbonyl (C=O) groups is 1. The second-order valence-corrected chi connectivity index (χ2v) is 8.66. The van der Waals surface area contributed by atoms with Gasteiger partial charge in [0.15, 0.2) is 0 Å². The Labute approximate surface area is 186 Å². The number of nitrogens with zero attached hydrogens (tertiary/aromatic N) is 1. The smallest absolute Gasteiger partial charge is 0.253 e. The standard InChI is InChI=1S/C23H28BrN3O3/c1-29-22-7-4-17(12-20(22)24)15-25-18-5-6-21(27-8-10-30-11-9-27)19(13-18)23(28)26-14-16-2-3-16/h4-7,12-13,16,25H,2-3,8-11,14-15H2,1H3,(H,26,28). The zero-order chi connectivity index (χ0) is 20.9. The van der Waals surface area contributed by atoms with E-state index in [-0.39, 0.29) is 5.91 Å². The third kappa shape index (κ3) is 5.26. The van der Waals surface area contributed by atoms with Gasteiger partial charge >= 0.3 is 0 Å². The summed E-state index contributed by atoms with van der Waals surface area (Å²) in [7, 11) is 1.66. The first-order valence-electron chi connectivity index (χ1n) is 10.5. The lowest BCUT2D eigenvalue weighted by molar-refractivity contribution is 0.0950. The van der Waals surface area contributed by atoms with Crippen LogP contribution in [0.15, 0.2) is 40.9 Å².